The molecule has 0 aliphatic rings. The Morgan fingerprint density at radius 1 is 1.40 bits per heavy atom. The van der Waals surface area contributed by atoms with Gasteiger partial charge in [0.15, 0.2) is 0 Å². The number of anilines is 1. The van der Waals surface area contributed by atoms with Crippen molar-refractivity contribution in [3.63, 3.8) is 0 Å². The van der Waals surface area contributed by atoms with Gasteiger partial charge >= 0.3 is 0 Å². The summed E-state index contributed by atoms with van der Waals surface area (Å²) in [7, 11) is 0. The van der Waals surface area contributed by atoms with Crippen LogP contribution in [0.25, 0.3) is 0 Å². The molecule has 2 rings (SSSR count). The van der Waals surface area contributed by atoms with Gasteiger partial charge in [-0.3, -0.25) is 14.8 Å². The lowest BCUT2D eigenvalue weighted by atomic mass is 10.2. The lowest BCUT2D eigenvalue weighted by Crippen LogP contribution is -2.24. The summed E-state index contributed by atoms with van der Waals surface area (Å²) in [6.45, 7) is 5.32. The van der Waals surface area contributed by atoms with E-state index in [1.165, 1.54) is 11.3 Å². The van der Waals surface area contributed by atoms with E-state index < -0.39 is 0 Å². The number of carbonyl (C=O) groups excluding carboxylic acids is 1. The van der Waals surface area contributed by atoms with Gasteiger partial charge < -0.3 is 10.6 Å². The van der Waals surface area contributed by atoms with Crippen LogP contribution in [0.2, 0.25) is 0 Å². The summed E-state index contributed by atoms with van der Waals surface area (Å²) in [5.41, 5.74) is 4.06. The quantitative estimate of drug-likeness (QED) is 0.858. The van der Waals surface area contributed by atoms with Gasteiger partial charge in [-0.1, -0.05) is 6.92 Å². The highest BCUT2D eigenvalue weighted by molar-refractivity contribution is 7.09. The second-order valence-corrected chi connectivity index (χ2v) is 5.42. The van der Waals surface area contributed by atoms with Crippen LogP contribution in [0, 0.1) is 6.92 Å². The van der Waals surface area contributed by atoms with Gasteiger partial charge in [0.25, 0.3) is 5.91 Å². The molecule has 0 radical (unpaired) electrons. The van der Waals surface area contributed by atoms with Crippen molar-refractivity contribution in [2.45, 2.75) is 26.8 Å². The minimum Gasteiger partial charge on any atom is -0.384 e. The molecule has 0 aliphatic carbocycles. The lowest BCUT2D eigenvalue weighted by molar-refractivity contribution is 0.0951. The van der Waals surface area contributed by atoms with Crippen molar-refractivity contribution in [2.24, 2.45) is 0 Å². The summed E-state index contributed by atoms with van der Waals surface area (Å²) < 4.78 is 0. The molecule has 0 bridgehead atoms. The standard InChI is InChI=1S/C14H18N4OS/c1-3-4-16-13-5-10(2)17-8-12(13)14(19)18-7-11-6-15-9-20-11/h5-6,8-9H,3-4,7H2,1-2H3,(H,16,17)(H,18,19). The van der Waals surface area contributed by atoms with Crippen LogP contribution in [0.4, 0.5) is 5.69 Å². The molecule has 5 nitrogen and oxygen atoms in total. The van der Waals surface area contributed by atoms with E-state index in [0.717, 1.165) is 29.2 Å². The van der Waals surface area contributed by atoms with Crippen LogP contribution in [-0.2, 0) is 6.54 Å². The SMILES string of the molecule is CCCNc1cc(C)ncc1C(=O)NCc1cncs1. The van der Waals surface area contributed by atoms with Crippen molar-refractivity contribution < 1.29 is 4.79 Å². The van der Waals surface area contributed by atoms with Crippen LogP contribution in [0.3, 0.4) is 0 Å². The van der Waals surface area contributed by atoms with Gasteiger partial charge in [-0.2, -0.15) is 0 Å². The van der Waals surface area contributed by atoms with E-state index in [0.29, 0.717) is 12.1 Å². The van der Waals surface area contributed by atoms with Gasteiger partial charge in [-0.15, -0.1) is 11.3 Å². The van der Waals surface area contributed by atoms with Gasteiger partial charge in [-0.05, 0) is 19.4 Å². The number of hydrogen-bond donors (Lipinski definition) is 2. The van der Waals surface area contributed by atoms with Gasteiger partial charge in [-0.25, -0.2) is 0 Å². The third kappa shape index (κ3) is 3.77. The van der Waals surface area contributed by atoms with Crippen molar-refractivity contribution in [1.29, 1.82) is 0 Å². The number of thiazole rings is 1. The fourth-order valence-electron chi connectivity index (χ4n) is 1.74. The third-order valence-corrected chi connectivity index (χ3v) is 3.54. The van der Waals surface area contributed by atoms with Crippen molar-refractivity contribution in [1.82, 2.24) is 15.3 Å². The summed E-state index contributed by atoms with van der Waals surface area (Å²) in [6, 6.07) is 1.90. The first-order valence-corrected chi connectivity index (χ1v) is 7.44. The van der Waals surface area contributed by atoms with Crippen LogP contribution in [-0.4, -0.2) is 22.4 Å². The summed E-state index contributed by atoms with van der Waals surface area (Å²) >= 11 is 1.52. The van der Waals surface area contributed by atoms with Crippen molar-refractivity contribution >= 4 is 22.9 Å². The Kier molecular flexibility index (Phi) is 5.06. The lowest BCUT2D eigenvalue weighted by Gasteiger charge is -2.11. The van der Waals surface area contributed by atoms with Gasteiger partial charge in [0.05, 0.1) is 23.3 Å². The molecule has 0 unspecified atom stereocenters. The van der Waals surface area contributed by atoms with Crippen molar-refractivity contribution in [3.05, 3.63) is 40.1 Å². The highest BCUT2D eigenvalue weighted by Gasteiger charge is 2.12. The predicted molar refractivity (Wildman–Crippen MR) is 81.0 cm³/mol. The summed E-state index contributed by atoms with van der Waals surface area (Å²) in [5.74, 6) is -0.121. The first kappa shape index (κ1) is 14.5. The molecule has 2 aromatic heterocycles. The first-order valence-electron chi connectivity index (χ1n) is 6.56. The molecule has 0 saturated carbocycles. The topological polar surface area (TPSA) is 66.9 Å². The van der Waals surface area contributed by atoms with E-state index in [1.54, 1.807) is 17.9 Å². The normalized spacial score (nSPS) is 10.3. The zero-order chi connectivity index (χ0) is 14.4. The molecule has 0 aliphatic heterocycles. The Balaban J connectivity index is 2.07. The number of amides is 1. The van der Waals surface area contributed by atoms with Crippen LogP contribution in [0.15, 0.2) is 24.0 Å². The number of nitrogens with one attached hydrogen (secondary N) is 2. The molecule has 6 heteroatoms. The second-order valence-electron chi connectivity index (χ2n) is 4.45. The largest absolute Gasteiger partial charge is 0.384 e. The number of aromatic nitrogens is 2. The molecule has 0 atom stereocenters. The molecule has 20 heavy (non-hydrogen) atoms. The van der Waals surface area contributed by atoms with E-state index in [-0.39, 0.29) is 5.91 Å². The van der Waals surface area contributed by atoms with Crippen molar-refractivity contribution in [3.8, 4) is 0 Å². The van der Waals surface area contributed by atoms with Crippen LogP contribution in [0.1, 0.15) is 34.3 Å². The highest BCUT2D eigenvalue weighted by atomic mass is 32.1. The number of hydrogen-bond acceptors (Lipinski definition) is 5. The summed E-state index contributed by atoms with van der Waals surface area (Å²) in [4.78, 5) is 21.4. The molecule has 1 amide bonds. The Labute approximate surface area is 122 Å². The number of pyridine rings is 1. The molecular formula is C14H18N4OS. The van der Waals surface area contributed by atoms with Crippen molar-refractivity contribution in [2.75, 3.05) is 11.9 Å². The molecule has 0 fully saturated rings. The maximum absolute atomic E-state index is 12.2. The van der Waals surface area contributed by atoms with E-state index in [2.05, 4.69) is 27.5 Å². The zero-order valence-electron chi connectivity index (χ0n) is 11.6. The maximum Gasteiger partial charge on any atom is 0.255 e. The Hall–Kier alpha value is -1.95. The molecule has 0 aromatic carbocycles. The predicted octanol–water partition coefficient (Wildman–Crippen LogP) is 2.60. The zero-order valence-corrected chi connectivity index (χ0v) is 12.5. The molecule has 0 spiro atoms. The molecular weight excluding hydrogens is 272 g/mol. The highest BCUT2D eigenvalue weighted by Crippen LogP contribution is 2.16. The van der Waals surface area contributed by atoms with Gasteiger partial charge in [0.2, 0.25) is 0 Å². The number of carbonyl (C=O) groups is 1. The maximum atomic E-state index is 12.2. The summed E-state index contributed by atoms with van der Waals surface area (Å²) in [6.07, 6.45) is 4.38. The fraction of sp³-hybridized carbons (Fsp3) is 0.357. The summed E-state index contributed by atoms with van der Waals surface area (Å²) in [5, 5.41) is 6.16. The molecule has 2 N–H and O–H groups in total. The average molecular weight is 290 g/mol. The third-order valence-electron chi connectivity index (χ3n) is 2.76. The van der Waals surface area contributed by atoms with Crippen LogP contribution in [0.5, 0.6) is 0 Å². The van der Waals surface area contributed by atoms with E-state index in [9.17, 15) is 4.79 Å². The Bertz CT molecular complexity index is 569. The van der Waals surface area contributed by atoms with Crippen LogP contribution >= 0.6 is 11.3 Å². The van der Waals surface area contributed by atoms with Crippen LogP contribution < -0.4 is 10.6 Å². The Morgan fingerprint density at radius 2 is 2.25 bits per heavy atom. The first-order chi connectivity index (χ1) is 9.70. The fourth-order valence-corrected chi connectivity index (χ4v) is 2.27. The smallest absolute Gasteiger partial charge is 0.255 e. The van der Waals surface area contributed by atoms with E-state index >= 15 is 0 Å². The second kappa shape index (κ2) is 7.00. The van der Waals surface area contributed by atoms with Gasteiger partial charge in [0, 0.05) is 29.5 Å². The number of rotatable bonds is 6. The number of nitrogens with zero attached hydrogens (tertiary/aromatic N) is 2. The molecule has 2 aromatic rings. The molecule has 106 valence electrons. The molecule has 2 heterocycles. The van der Waals surface area contributed by atoms with E-state index in [1.807, 2.05) is 13.0 Å². The average Bonchev–Trinajstić information content (AvgIpc) is 2.96. The monoisotopic (exact) mass is 290 g/mol. The Morgan fingerprint density at radius 3 is 2.95 bits per heavy atom. The molecule has 0 saturated heterocycles. The minimum absolute atomic E-state index is 0.121. The van der Waals surface area contributed by atoms with Gasteiger partial charge in [0.1, 0.15) is 0 Å². The minimum atomic E-state index is -0.121. The van der Waals surface area contributed by atoms with E-state index in [4.69, 9.17) is 0 Å². The number of aryl methyl sites for hydroxylation is 1.